The molecule has 2 aromatic heterocycles. The highest BCUT2D eigenvalue weighted by Gasteiger charge is 2.45. The molecule has 1 aliphatic rings. The van der Waals surface area contributed by atoms with Crippen molar-refractivity contribution in [3.63, 3.8) is 0 Å². The number of ether oxygens (including phenoxy) is 2. The van der Waals surface area contributed by atoms with Crippen molar-refractivity contribution >= 4 is 51.9 Å². The van der Waals surface area contributed by atoms with Crippen LogP contribution in [0.2, 0.25) is 5.02 Å². The number of halogens is 4. The van der Waals surface area contributed by atoms with Gasteiger partial charge in [-0.2, -0.15) is 13.2 Å². The number of aromatic nitrogens is 2. The van der Waals surface area contributed by atoms with Crippen LogP contribution in [-0.4, -0.2) is 40.5 Å². The standard InChI is InChI=1S/C36H29ClF3N3O5S/c1-4-47-33(45)23-12-10-21(11-13-23)19-42-20(3)26(25-8-6-7-9-27(25)42)18-28-32(44)43-30(22-14-16-24(37)17-15-22)29(34(46)48-5-2)31(36(38,39)40)41-35(43)49-28/h6-18,30H,4-5,19H2,1-3H3/b28-18-/t30-/m0/s1. The van der Waals surface area contributed by atoms with Crippen molar-refractivity contribution in [3.8, 4) is 0 Å². The summed E-state index contributed by atoms with van der Waals surface area (Å²) in [6, 6.07) is 19.1. The Morgan fingerprint density at radius 1 is 0.959 bits per heavy atom. The molecule has 3 heterocycles. The lowest BCUT2D eigenvalue weighted by Crippen LogP contribution is -2.41. The Hall–Kier alpha value is -4.94. The van der Waals surface area contributed by atoms with Crippen LogP contribution in [0, 0.1) is 6.92 Å². The summed E-state index contributed by atoms with van der Waals surface area (Å²) in [5, 5.41) is 1.15. The lowest BCUT2D eigenvalue weighted by Gasteiger charge is -2.26. The van der Waals surface area contributed by atoms with Crippen LogP contribution in [0.1, 0.15) is 52.6 Å². The Morgan fingerprint density at radius 2 is 1.61 bits per heavy atom. The molecule has 0 fully saturated rings. The molecule has 5 aromatic rings. The Kier molecular flexibility index (Phi) is 9.37. The van der Waals surface area contributed by atoms with E-state index >= 15 is 0 Å². The van der Waals surface area contributed by atoms with Gasteiger partial charge in [0.1, 0.15) is 0 Å². The van der Waals surface area contributed by atoms with E-state index in [0.29, 0.717) is 22.7 Å². The first kappa shape index (κ1) is 33.9. The van der Waals surface area contributed by atoms with Gasteiger partial charge in [-0.25, -0.2) is 14.6 Å². The van der Waals surface area contributed by atoms with Crippen molar-refractivity contribution in [2.24, 2.45) is 4.99 Å². The van der Waals surface area contributed by atoms with Crippen LogP contribution < -0.4 is 14.9 Å². The molecule has 49 heavy (non-hydrogen) atoms. The summed E-state index contributed by atoms with van der Waals surface area (Å²) in [5.41, 5.74) is 1.15. The van der Waals surface area contributed by atoms with Gasteiger partial charge in [0.25, 0.3) is 5.56 Å². The summed E-state index contributed by atoms with van der Waals surface area (Å²) < 4.78 is 57.0. The predicted molar refractivity (Wildman–Crippen MR) is 180 cm³/mol. The molecule has 252 valence electrons. The Morgan fingerprint density at radius 3 is 2.27 bits per heavy atom. The predicted octanol–water partition coefficient (Wildman–Crippen LogP) is 6.48. The van der Waals surface area contributed by atoms with Gasteiger partial charge >= 0.3 is 18.1 Å². The summed E-state index contributed by atoms with van der Waals surface area (Å²) in [6.45, 7) is 5.66. The first-order valence-electron chi connectivity index (χ1n) is 15.3. The number of allylic oxidation sites excluding steroid dienone is 1. The van der Waals surface area contributed by atoms with Crippen molar-refractivity contribution < 1.29 is 32.2 Å². The molecule has 13 heteroatoms. The smallest absolute Gasteiger partial charge is 0.434 e. The van der Waals surface area contributed by atoms with Gasteiger partial charge in [-0.05, 0) is 68.3 Å². The van der Waals surface area contributed by atoms with E-state index in [1.165, 1.54) is 31.2 Å². The number of nitrogens with zero attached hydrogens (tertiary/aromatic N) is 3. The number of carbonyl (C=O) groups excluding carboxylic acids is 2. The Balaban J connectivity index is 1.52. The van der Waals surface area contributed by atoms with Crippen LogP contribution in [0.5, 0.6) is 0 Å². The number of carbonyl (C=O) groups is 2. The van der Waals surface area contributed by atoms with Gasteiger partial charge in [0.15, 0.2) is 10.5 Å². The molecular formula is C36H29ClF3N3O5S. The van der Waals surface area contributed by atoms with E-state index < -0.39 is 41.0 Å². The topological polar surface area (TPSA) is 91.9 Å². The highest BCUT2D eigenvalue weighted by molar-refractivity contribution is 7.07. The summed E-state index contributed by atoms with van der Waals surface area (Å²) in [5.74, 6) is -1.63. The Bertz CT molecular complexity index is 2300. The summed E-state index contributed by atoms with van der Waals surface area (Å²) >= 11 is 6.89. The molecule has 6 rings (SSSR count). The molecule has 1 atom stereocenters. The second-order valence-corrected chi connectivity index (χ2v) is 12.6. The quantitative estimate of drug-likeness (QED) is 0.172. The van der Waals surface area contributed by atoms with Gasteiger partial charge in [-0.15, -0.1) is 0 Å². The fraction of sp³-hybridized carbons (Fsp3) is 0.222. The third-order valence-corrected chi connectivity index (χ3v) is 9.38. The Labute approximate surface area is 287 Å². The number of benzene rings is 3. The van der Waals surface area contributed by atoms with Gasteiger partial charge in [0.2, 0.25) is 0 Å². The number of alkyl halides is 3. The molecule has 3 aromatic carbocycles. The van der Waals surface area contributed by atoms with Crippen molar-refractivity contribution in [1.29, 1.82) is 0 Å². The van der Waals surface area contributed by atoms with E-state index in [9.17, 15) is 27.6 Å². The summed E-state index contributed by atoms with van der Waals surface area (Å²) in [4.78, 5) is 43.1. The van der Waals surface area contributed by atoms with Crippen molar-refractivity contribution in [3.05, 3.63) is 137 Å². The van der Waals surface area contributed by atoms with Crippen molar-refractivity contribution in [2.45, 2.75) is 39.5 Å². The number of hydrogen-bond donors (Lipinski definition) is 0. The number of hydrogen-bond acceptors (Lipinski definition) is 7. The average molecular weight is 708 g/mol. The molecule has 0 aliphatic carbocycles. The van der Waals surface area contributed by atoms with E-state index in [2.05, 4.69) is 9.56 Å². The molecule has 0 saturated carbocycles. The molecular weight excluding hydrogens is 679 g/mol. The zero-order chi connectivity index (χ0) is 35.0. The molecule has 0 radical (unpaired) electrons. The lowest BCUT2D eigenvalue weighted by molar-refractivity contribution is -0.140. The van der Waals surface area contributed by atoms with Crippen LogP contribution in [-0.2, 0) is 20.8 Å². The van der Waals surface area contributed by atoms with Crippen LogP contribution in [0.4, 0.5) is 13.2 Å². The van der Waals surface area contributed by atoms with E-state index in [-0.39, 0.29) is 28.1 Å². The maximum atomic E-state index is 14.5. The molecule has 0 amide bonds. The van der Waals surface area contributed by atoms with Crippen LogP contribution in [0.3, 0.4) is 0 Å². The van der Waals surface area contributed by atoms with E-state index in [0.717, 1.165) is 38.1 Å². The van der Waals surface area contributed by atoms with Crippen LogP contribution >= 0.6 is 22.9 Å². The monoisotopic (exact) mass is 707 g/mol. The van der Waals surface area contributed by atoms with Gasteiger partial charge in [-0.3, -0.25) is 9.36 Å². The molecule has 8 nitrogen and oxygen atoms in total. The maximum absolute atomic E-state index is 14.5. The highest BCUT2D eigenvalue weighted by atomic mass is 35.5. The number of para-hydroxylation sites is 1. The molecule has 0 saturated heterocycles. The molecule has 0 bridgehead atoms. The zero-order valence-corrected chi connectivity index (χ0v) is 28.1. The van der Waals surface area contributed by atoms with Gasteiger partial charge in [0.05, 0.1) is 34.9 Å². The van der Waals surface area contributed by atoms with Gasteiger partial charge < -0.3 is 14.0 Å². The fourth-order valence-corrected chi connectivity index (χ4v) is 7.03. The third kappa shape index (κ3) is 6.45. The number of esters is 2. The largest absolute Gasteiger partial charge is 0.463 e. The minimum absolute atomic E-state index is 0.133. The molecule has 0 spiro atoms. The highest BCUT2D eigenvalue weighted by Crippen LogP contribution is 2.38. The lowest BCUT2D eigenvalue weighted by atomic mass is 9.95. The normalized spacial score (nSPS) is 14.9. The van der Waals surface area contributed by atoms with E-state index in [4.69, 9.17) is 21.1 Å². The minimum Gasteiger partial charge on any atom is -0.463 e. The SMILES string of the molecule is CCOC(=O)C1=C(C(F)(F)F)N=c2s/c(=C\c3c(C)n(Cc4ccc(C(=O)OCC)cc4)c4ccccc34)c(=O)n2[C@H]1c1ccc(Cl)cc1. The van der Waals surface area contributed by atoms with Gasteiger partial charge in [-0.1, -0.05) is 65.4 Å². The first-order valence-corrected chi connectivity index (χ1v) is 16.5. The van der Waals surface area contributed by atoms with Crippen molar-refractivity contribution in [2.75, 3.05) is 13.2 Å². The number of thiazole rings is 1. The molecule has 1 aliphatic heterocycles. The fourth-order valence-electron chi connectivity index (χ4n) is 5.92. The summed E-state index contributed by atoms with van der Waals surface area (Å²) in [6.07, 6.45) is -3.36. The maximum Gasteiger partial charge on any atom is 0.434 e. The van der Waals surface area contributed by atoms with E-state index in [1.807, 2.05) is 43.3 Å². The van der Waals surface area contributed by atoms with Gasteiger partial charge in [0, 0.05) is 33.7 Å². The van der Waals surface area contributed by atoms with E-state index in [1.54, 1.807) is 25.1 Å². The average Bonchev–Trinajstić information content (AvgIpc) is 3.53. The van der Waals surface area contributed by atoms with Crippen LogP contribution in [0.25, 0.3) is 17.0 Å². The van der Waals surface area contributed by atoms with Crippen LogP contribution in [0.15, 0.2) is 93.9 Å². The minimum atomic E-state index is -5.01. The first-order chi connectivity index (χ1) is 23.4. The number of rotatable bonds is 8. The third-order valence-electron chi connectivity index (χ3n) is 8.14. The van der Waals surface area contributed by atoms with Crippen molar-refractivity contribution in [1.82, 2.24) is 9.13 Å². The second-order valence-electron chi connectivity index (χ2n) is 11.1. The second kappa shape index (κ2) is 13.5. The molecule has 0 unspecified atom stereocenters. The summed E-state index contributed by atoms with van der Waals surface area (Å²) in [7, 11) is 0. The number of fused-ring (bicyclic) bond motifs is 2. The molecule has 0 N–H and O–H groups in total. The zero-order valence-electron chi connectivity index (χ0n) is 26.5.